The molecular formula is C22H29F2N3O2S. The molecule has 0 radical (unpaired) electrons. The lowest BCUT2D eigenvalue weighted by Gasteiger charge is -2.42. The van der Waals surface area contributed by atoms with Gasteiger partial charge in [0.05, 0.1) is 5.41 Å². The van der Waals surface area contributed by atoms with Gasteiger partial charge in [0, 0.05) is 35.8 Å². The average Bonchev–Trinajstić information content (AvgIpc) is 3.27. The van der Waals surface area contributed by atoms with Crippen LogP contribution >= 0.6 is 11.3 Å². The van der Waals surface area contributed by atoms with E-state index in [1.807, 2.05) is 25.3 Å². The Morgan fingerprint density at radius 1 is 1.33 bits per heavy atom. The molecule has 3 heterocycles. The highest BCUT2D eigenvalue weighted by molar-refractivity contribution is 7.10. The lowest BCUT2D eigenvalue weighted by Crippen LogP contribution is -2.50. The number of rotatable bonds is 7. The summed E-state index contributed by atoms with van der Waals surface area (Å²) in [6.07, 6.45) is 2.10. The summed E-state index contributed by atoms with van der Waals surface area (Å²) < 4.78 is 34.2. The molecule has 30 heavy (non-hydrogen) atoms. The first kappa shape index (κ1) is 22.6. The van der Waals surface area contributed by atoms with Crippen LogP contribution in [-0.4, -0.2) is 34.9 Å². The molecule has 2 atom stereocenters. The molecule has 0 spiro atoms. The number of hydrogen-bond acceptors (Lipinski definition) is 5. The number of amides is 1. The van der Waals surface area contributed by atoms with Crippen molar-refractivity contribution >= 4 is 17.4 Å². The Morgan fingerprint density at radius 3 is 2.63 bits per heavy atom. The fourth-order valence-electron chi connectivity index (χ4n) is 4.30. The summed E-state index contributed by atoms with van der Waals surface area (Å²) in [5.74, 6) is -2.25. The van der Waals surface area contributed by atoms with Gasteiger partial charge in [-0.1, -0.05) is 6.07 Å². The minimum Gasteiger partial charge on any atom is -0.412 e. The minimum absolute atomic E-state index is 0.267. The summed E-state index contributed by atoms with van der Waals surface area (Å²) in [7, 11) is 0. The van der Waals surface area contributed by atoms with Gasteiger partial charge in [-0.3, -0.25) is 9.88 Å². The Bertz CT molecular complexity index is 898. The monoisotopic (exact) mass is 437 g/mol. The third-order valence-corrected chi connectivity index (χ3v) is 7.41. The van der Waals surface area contributed by atoms with E-state index in [4.69, 9.17) is 10.5 Å². The summed E-state index contributed by atoms with van der Waals surface area (Å²) >= 11 is 1.06. The van der Waals surface area contributed by atoms with E-state index in [1.54, 1.807) is 6.07 Å². The second-order valence-corrected chi connectivity index (χ2v) is 9.86. The first-order chi connectivity index (χ1) is 13.9. The maximum atomic E-state index is 15.8. The molecule has 2 aromatic rings. The van der Waals surface area contributed by atoms with Crippen molar-refractivity contribution in [2.45, 2.75) is 58.4 Å². The van der Waals surface area contributed by atoms with Gasteiger partial charge in [-0.05, 0) is 70.3 Å². The van der Waals surface area contributed by atoms with Gasteiger partial charge in [0.1, 0.15) is 0 Å². The molecule has 2 unspecified atom stereocenters. The van der Waals surface area contributed by atoms with Crippen LogP contribution in [0.15, 0.2) is 30.5 Å². The zero-order chi connectivity index (χ0) is 22.2. The van der Waals surface area contributed by atoms with Crippen LogP contribution < -0.4 is 5.73 Å². The summed E-state index contributed by atoms with van der Waals surface area (Å²) in [5, 5.41) is -0.267. The third kappa shape index (κ3) is 4.49. The van der Waals surface area contributed by atoms with Crippen LogP contribution in [0.1, 0.15) is 49.7 Å². The summed E-state index contributed by atoms with van der Waals surface area (Å²) in [5.41, 5.74) is 5.78. The molecule has 1 aliphatic heterocycles. The van der Waals surface area contributed by atoms with Crippen molar-refractivity contribution in [3.8, 4) is 0 Å². The number of likely N-dealkylation sites (tertiary alicyclic amines) is 1. The number of ether oxygens (including phenoxy) is 1. The largest absolute Gasteiger partial charge is 0.412 e. The van der Waals surface area contributed by atoms with Gasteiger partial charge in [-0.25, -0.2) is 4.79 Å². The second kappa shape index (κ2) is 8.23. The van der Waals surface area contributed by atoms with E-state index in [2.05, 4.69) is 23.7 Å². The molecular weight excluding hydrogens is 408 g/mol. The lowest BCUT2D eigenvalue weighted by molar-refractivity contribution is -0.171. The molecule has 0 saturated carbocycles. The minimum atomic E-state index is -2.25. The van der Waals surface area contributed by atoms with Crippen molar-refractivity contribution in [3.63, 3.8) is 0 Å². The summed E-state index contributed by atoms with van der Waals surface area (Å²) in [4.78, 5) is 18.8. The number of carbonyl (C=O) groups is 1. The van der Waals surface area contributed by atoms with E-state index < -0.39 is 17.4 Å². The summed E-state index contributed by atoms with van der Waals surface area (Å²) in [6.45, 7) is 8.37. The predicted molar refractivity (Wildman–Crippen MR) is 113 cm³/mol. The Kier molecular flexibility index (Phi) is 6.20. The number of hydrogen-bond donors (Lipinski definition) is 1. The van der Waals surface area contributed by atoms with Gasteiger partial charge in [-0.15, -0.1) is 11.3 Å². The Labute approximate surface area is 180 Å². The van der Waals surface area contributed by atoms with Crippen molar-refractivity contribution < 1.29 is 18.3 Å². The van der Waals surface area contributed by atoms with Gasteiger partial charge in [0.15, 0.2) is 5.13 Å². The number of nitrogens with two attached hydrogens (primary N) is 1. The molecule has 1 aliphatic rings. The smallest absolute Gasteiger partial charge is 0.407 e. The van der Waals surface area contributed by atoms with Gasteiger partial charge in [-0.2, -0.15) is 8.78 Å². The highest BCUT2D eigenvalue weighted by atomic mass is 32.1. The van der Waals surface area contributed by atoms with Crippen molar-refractivity contribution in [3.05, 3.63) is 51.7 Å². The molecule has 8 heteroatoms. The van der Waals surface area contributed by atoms with E-state index in [1.165, 1.54) is 13.0 Å². The lowest BCUT2D eigenvalue weighted by atomic mass is 9.75. The van der Waals surface area contributed by atoms with Gasteiger partial charge >= 0.3 is 6.09 Å². The first-order valence-electron chi connectivity index (χ1n) is 10.0. The van der Waals surface area contributed by atoms with E-state index >= 15 is 4.39 Å². The summed E-state index contributed by atoms with van der Waals surface area (Å²) in [6, 6.07) is 7.12. The normalized spacial score (nSPS) is 22.1. The number of thiophene rings is 1. The number of alkyl halides is 1. The molecule has 5 nitrogen and oxygen atoms in total. The van der Waals surface area contributed by atoms with Gasteiger partial charge in [0.2, 0.25) is 0 Å². The number of aryl methyl sites for hydroxylation is 2. The Morgan fingerprint density at radius 2 is 2.07 bits per heavy atom. The van der Waals surface area contributed by atoms with Crippen LogP contribution in [0.2, 0.25) is 0 Å². The Hall–Kier alpha value is -2.06. The standard InChI is InChI=1S/C22H29F2N3O2S/c1-15-5-6-16(13-26-15)20(2,3)27-12-11-22(14-27,21(4,24)29-19(25)28)10-9-17-7-8-18(23)30-17/h5-8,13H,9-12,14H2,1-4H3,(H2,25,28). The molecule has 2 aromatic heterocycles. The topological polar surface area (TPSA) is 68.5 Å². The van der Waals surface area contributed by atoms with E-state index in [0.29, 0.717) is 32.4 Å². The number of halogens is 2. The number of nitrogens with zero attached hydrogens (tertiary/aromatic N) is 2. The molecule has 0 bridgehead atoms. The van der Waals surface area contributed by atoms with Crippen LogP contribution in [0.5, 0.6) is 0 Å². The number of carbonyl (C=O) groups excluding carboxylic acids is 1. The Balaban J connectivity index is 1.87. The van der Waals surface area contributed by atoms with Gasteiger partial charge < -0.3 is 10.5 Å². The van der Waals surface area contributed by atoms with Crippen molar-refractivity contribution in [1.82, 2.24) is 9.88 Å². The fraction of sp³-hybridized carbons (Fsp3) is 0.545. The molecule has 0 aromatic carbocycles. The number of aromatic nitrogens is 1. The van der Waals surface area contributed by atoms with Crippen LogP contribution in [0.3, 0.4) is 0 Å². The average molecular weight is 438 g/mol. The fourth-order valence-corrected chi connectivity index (χ4v) is 5.03. The van der Waals surface area contributed by atoms with Crippen molar-refractivity contribution in [2.24, 2.45) is 11.1 Å². The quantitative estimate of drug-likeness (QED) is 0.667. The molecule has 3 rings (SSSR count). The maximum absolute atomic E-state index is 15.8. The van der Waals surface area contributed by atoms with Crippen LogP contribution in [0.25, 0.3) is 0 Å². The van der Waals surface area contributed by atoms with Crippen LogP contribution in [-0.2, 0) is 16.7 Å². The third-order valence-electron chi connectivity index (χ3n) is 6.48. The van der Waals surface area contributed by atoms with Gasteiger partial charge in [0.25, 0.3) is 5.85 Å². The van der Waals surface area contributed by atoms with E-state index in [-0.39, 0.29) is 10.7 Å². The molecule has 1 saturated heterocycles. The zero-order valence-corrected chi connectivity index (χ0v) is 18.7. The van der Waals surface area contributed by atoms with Crippen molar-refractivity contribution in [2.75, 3.05) is 13.1 Å². The maximum Gasteiger partial charge on any atom is 0.407 e. The molecule has 164 valence electrons. The number of primary amides is 1. The van der Waals surface area contributed by atoms with Crippen LogP contribution in [0.4, 0.5) is 13.6 Å². The predicted octanol–water partition coefficient (Wildman–Crippen LogP) is 4.93. The highest BCUT2D eigenvalue weighted by Gasteiger charge is 2.57. The number of pyridine rings is 1. The SMILES string of the molecule is Cc1ccc(C(C)(C)N2CCC(CCc3ccc(F)s3)(C(C)(F)OC(N)=O)C2)cn1. The molecule has 1 amide bonds. The second-order valence-electron chi connectivity index (χ2n) is 8.74. The highest BCUT2D eigenvalue weighted by Crippen LogP contribution is 2.50. The molecule has 0 aliphatic carbocycles. The zero-order valence-electron chi connectivity index (χ0n) is 17.9. The molecule has 2 N–H and O–H groups in total. The van der Waals surface area contributed by atoms with Crippen molar-refractivity contribution in [1.29, 1.82) is 0 Å². The van der Waals surface area contributed by atoms with E-state index in [0.717, 1.165) is 27.5 Å². The van der Waals surface area contributed by atoms with Crippen LogP contribution in [0, 0.1) is 17.5 Å². The molecule has 1 fully saturated rings. The first-order valence-corrected chi connectivity index (χ1v) is 10.9. The van der Waals surface area contributed by atoms with E-state index in [9.17, 15) is 9.18 Å².